The molecule has 0 aliphatic rings. The Morgan fingerprint density at radius 3 is 2.61 bits per heavy atom. The van der Waals surface area contributed by atoms with Gasteiger partial charge in [0.2, 0.25) is 0 Å². The Morgan fingerprint density at radius 1 is 1.39 bits per heavy atom. The monoisotopic (exact) mass is 269 g/mol. The summed E-state index contributed by atoms with van der Waals surface area (Å²) in [7, 11) is 0. The summed E-state index contributed by atoms with van der Waals surface area (Å²) in [6.07, 6.45) is 2.09. The summed E-state index contributed by atoms with van der Waals surface area (Å²) in [6.45, 7) is 9.76. The second-order valence-corrected chi connectivity index (χ2v) is 5.22. The highest BCUT2D eigenvalue weighted by Gasteiger charge is 2.18. The van der Waals surface area contributed by atoms with Gasteiger partial charge in [-0.15, -0.1) is 0 Å². The van der Waals surface area contributed by atoms with Crippen molar-refractivity contribution in [2.24, 2.45) is 5.73 Å². The van der Waals surface area contributed by atoms with Crippen LogP contribution < -0.4 is 10.5 Å². The molecule has 0 fully saturated rings. The van der Waals surface area contributed by atoms with Crippen molar-refractivity contribution in [2.45, 2.75) is 46.5 Å². The van der Waals surface area contributed by atoms with E-state index in [1.165, 1.54) is 5.56 Å². The van der Waals surface area contributed by atoms with Gasteiger partial charge in [0.15, 0.2) is 0 Å². The van der Waals surface area contributed by atoms with Crippen molar-refractivity contribution >= 4 is 11.6 Å². The van der Waals surface area contributed by atoms with Crippen LogP contribution in [0.4, 0.5) is 0 Å². The van der Waals surface area contributed by atoms with Crippen LogP contribution in [0.2, 0.25) is 5.02 Å². The van der Waals surface area contributed by atoms with E-state index in [-0.39, 0.29) is 0 Å². The number of nitrogens with two attached hydrogens (primary N) is 1. The first-order valence-corrected chi connectivity index (χ1v) is 7.03. The zero-order chi connectivity index (χ0) is 13.7. The van der Waals surface area contributed by atoms with Crippen LogP contribution in [0.3, 0.4) is 0 Å². The Balaban J connectivity index is 3.19. The summed E-state index contributed by atoms with van der Waals surface area (Å²) in [5.41, 5.74) is 9.09. The van der Waals surface area contributed by atoms with E-state index < -0.39 is 0 Å². The molecule has 1 aromatic rings. The molecule has 0 saturated heterocycles. The summed E-state index contributed by atoms with van der Waals surface area (Å²) in [6, 6.07) is 1.99. The normalized spacial score (nSPS) is 12.6. The highest BCUT2D eigenvalue weighted by Crippen LogP contribution is 2.38. The molecule has 1 atom stereocenters. The molecule has 2 N–H and O–H groups in total. The Bertz CT molecular complexity index is 404. The topological polar surface area (TPSA) is 35.2 Å². The summed E-state index contributed by atoms with van der Waals surface area (Å²) in [5, 5.41) is 0.825. The van der Waals surface area contributed by atoms with E-state index in [1.54, 1.807) is 0 Å². The van der Waals surface area contributed by atoms with Gasteiger partial charge < -0.3 is 10.5 Å². The zero-order valence-corrected chi connectivity index (χ0v) is 12.6. The maximum Gasteiger partial charge on any atom is 0.126 e. The van der Waals surface area contributed by atoms with E-state index in [0.717, 1.165) is 41.3 Å². The molecule has 0 radical (unpaired) electrons. The highest BCUT2D eigenvalue weighted by atomic mass is 35.5. The number of rotatable bonds is 6. The van der Waals surface area contributed by atoms with Gasteiger partial charge in [-0.2, -0.15) is 0 Å². The lowest BCUT2D eigenvalue weighted by Gasteiger charge is -2.22. The van der Waals surface area contributed by atoms with Gasteiger partial charge in [-0.3, -0.25) is 0 Å². The standard InChI is InChI=1S/C15H24ClNO/c1-5-18-15-11(3)9-13(16)12(4)14(15)10(2)7-6-8-17/h9-10H,5-8,17H2,1-4H3. The van der Waals surface area contributed by atoms with Crippen LogP contribution in [0.5, 0.6) is 5.75 Å². The van der Waals surface area contributed by atoms with Gasteiger partial charge in [-0.05, 0) is 63.3 Å². The predicted molar refractivity (Wildman–Crippen MR) is 78.8 cm³/mol. The van der Waals surface area contributed by atoms with Gasteiger partial charge in [-0.25, -0.2) is 0 Å². The number of hydrogen-bond donors (Lipinski definition) is 1. The summed E-state index contributed by atoms with van der Waals surface area (Å²) < 4.78 is 5.81. The van der Waals surface area contributed by atoms with Crippen LogP contribution in [0.25, 0.3) is 0 Å². The number of hydrogen-bond acceptors (Lipinski definition) is 2. The van der Waals surface area contributed by atoms with Gasteiger partial charge in [0.25, 0.3) is 0 Å². The average Bonchev–Trinajstić information content (AvgIpc) is 2.33. The van der Waals surface area contributed by atoms with Crippen molar-refractivity contribution in [3.8, 4) is 5.75 Å². The molecule has 0 saturated carbocycles. The van der Waals surface area contributed by atoms with Crippen molar-refractivity contribution < 1.29 is 4.74 Å². The highest BCUT2D eigenvalue weighted by molar-refractivity contribution is 6.31. The number of ether oxygens (including phenoxy) is 1. The minimum Gasteiger partial charge on any atom is -0.493 e. The van der Waals surface area contributed by atoms with Crippen molar-refractivity contribution in [2.75, 3.05) is 13.2 Å². The lowest BCUT2D eigenvalue weighted by Crippen LogP contribution is -2.07. The van der Waals surface area contributed by atoms with Crippen molar-refractivity contribution in [1.82, 2.24) is 0 Å². The average molecular weight is 270 g/mol. The van der Waals surface area contributed by atoms with Gasteiger partial charge >= 0.3 is 0 Å². The van der Waals surface area contributed by atoms with Crippen LogP contribution in [0, 0.1) is 13.8 Å². The molecule has 3 heteroatoms. The predicted octanol–water partition coefficient (Wildman–Crippen LogP) is 4.20. The molecule has 1 unspecified atom stereocenters. The fraction of sp³-hybridized carbons (Fsp3) is 0.600. The summed E-state index contributed by atoms with van der Waals surface area (Å²) >= 11 is 6.29. The van der Waals surface area contributed by atoms with Crippen molar-refractivity contribution in [1.29, 1.82) is 0 Å². The fourth-order valence-corrected chi connectivity index (χ4v) is 2.64. The zero-order valence-electron chi connectivity index (χ0n) is 11.8. The van der Waals surface area contributed by atoms with Crippen LogP contribution in [-0.2, 0) is 0 Å². The lowest BCUT2D eigenvalue weighted by molar-refractivity contribution is 0.331. The molecule has 18 heavy (non-hydrogen) atoms. The first kappa shape index (κ1) is 15.3. The van der Waals surface area contributed by atoms with E-state index >= 15 is 0 Å². The third-order valence-electron chi connectivity index (χ3n) is 3.33. The van der Waals surface area contributed by atoms with Crippen LogP contribution in [0.1, 0.15) is 49.3 Å². The lowest BCUT2D eigenvalue weighted by atomic mass is 9.90. The molecule has 2 nitrogen and oxygen atoms in total. The van der Waals surface area contributed by atoms with E-state index in [1.807, 2.05) is 13.0 Å². The maximum absolute atomic E-state index is 6.29. The van der Waals surface area contributed by atoms with E-state index in [2.05, 4.69) is 20.8 Å². The molecule has 0 aliphatic carbocycles. The first-order valence-electron chi connectivity index (χ1n) is 6.65. The second-order valence-electron chi connectivity index (χ2n) is 4.81. The second kappa shape index (κ2) is 7.01. The summed E-state index contributed by atoms with van der Waals surface area (Å²) in [5.74, 6) is 1.43. The van der Waals surface area contributed by atoms with Crippen LogP contribution in [0.15, 0.2) is 6.07 Å². The SMILES string of the molecule is CCOc1c(C)cc(Cl)c(C)c1C(C)CCCN. The molecule has 102 valence electrons. The van der Waals surface area contributed by atoms with Gasteiger partial charge in [0.1, 0.15) is 5.75 Å². The Labute approximate surface area is 115 Å². The molecule has 0 heterocycles. The molecule has 0 aromatic heterocycles. The molecule has 0 aliphatic heterocycles. The largest absolute Gasteiger partial charge is 0.493 e. The molecule has 0 bridgehead atoms. The fourth-order valence-electron chi connectivity index (χ4n) is 2.37. The molecule has 0 spiro atoms. The van der Waals surface area contributed by atoms with Gasteiger partial charge in [0, 0.05) is 10.6 Å². The minimum atomic E-state index is 0.424. The Kier molecular flexibility index (Phi) is 5.97. The number of halogens is 1. The Morgan fingerprint density at radius 2 is 2.06 bits per heavy atom. The van der Waals surface area contributed by atoms with Crippen LogP contribution in [-0.4, -0.2) is 13.2 Å². The maximum atomic E-state index is 6.29. The van der Waals surface area contributed by atoms with E-state index in [9.17, 15) is 0 Å². The molecule has 1 rings (SSSR count). The third kappa shape index (κ3) is 3.39. The molecular weight excluding hydrogens is 246 g/mol. The van der Waals surface area contributed by atoms with Gasteiger partial charge in [0.05, 0.1) is 6.61 Å². The van der Waals surface area contributed by atoms with Gasteiger partial charge in [-0.1, -0.05) is 18.5 Å². The number of benzene rings is 1. The van der Waals surface area contributed by atoms with E-state index in [0.29, 0.717) is 12.5 Å². The number of aryl methyl sites for hydroxylation is 1. The van der Waals surface area contributed by atoms with E-state index in [4.69, 9.17) is 22.1 Å². The minimum absolute atomic E-state index is 0.424. The third-order valence-corrected chi connectivity index (χ3v) is 3.72. The van der Waals surface area contributed by atoms with Crippen molar-refractivity contribution in [3.63, 3.8) is 0 Å². The Hall–Kier alpha value is -0.730. The first-order chi connectivity index (χ1) is 8.52. The van der Waals surface area contributed by atoms with Crippen molar-refractivity contribution in [3.05, 3.63) is 27.8 Å². The quantitative estimate of drug-likeness (QED) is 0.840. The molecule has 0 amide bonds. The smallest absolute Gasteiger partial charge is 0.126 e. The van der Waals surface area contributed by atoms with Crippen LogP contribution >= 0.6 is 11.6 Å². The molecular formula is C15H24ClNO. The summed E-state index contributed by atoms with van der Waals surface area (Å²) in [4.78, 5) is 0. The molecule has 1 aromatic carbocycles.